The first-order valence-electron chi connectivity index (χ1n) is 4.71. The van der Waals surface area contributed by atoms with Crippen LogP contribution in [0.5, 0.6) is 0 Å². The number of amides is 1. The number of ether oxygens (including phenoxy) is 1. The van der Waals surface area contributed by atoms with Crippen molar-refractivity contribution in [2.75, 3.05) is 26.4 Å². The molecular formula is C10H15N3O3. The van der Waals surface area contributed by atoms with E-state index in [1.165, 1.54) is 11.0 Å². The molecule has 1 aromatic heterocycles. The van der Waals surface area contributed by atoms with Crippen LogP contribution in [0.4, 0.5) is 5.69 Å². The normalized spacial score (nSPS) is 9.94. The first-order chi connectivity index (χ1) is 7.41. The van der Waals surface area contributed by atoms with Crippen molar-refractivity contribution in [3.05, 3.63) is 18.0 Å². The van der Waals surface area contributed by atoms with E-state index >= 15 is 0 Å². The van der Waals surface area contributed by atoms with Crippen molar-refractivity contribution in [3.8, 4) is 0 Å². The summed E-state index contributed by atoms with van der Waals surface area (Å²) in [7, 11) is 4.87. The number of nitrogens with zero attached hydrogens (tertiary/aromatic N) is 2. The fourth-order valence-corrected chi connectivity index (χ4v) is 1.12. The van der Waals surface area contributed by atoms with Crippen molar-refractivity contribution in [2.45, 2.75) is 0 Å². The summed E-state index contributed by atoms with van der Waals surface area (Å²) in [5.74, 6) is -0.829. The number of rotatable bonds is 3. The summed E-state index contributed by atoms with van der Waals surface area (Å²) < 4.78 is 6.39. The van der Waals surface area contributed by atoms with Crippen LogP contribution in [0.15, 0.2) is 12.3 Å². The van der Waals surface area contributed by atoms with Crippen LogP contribution in [0.2, 0.25) is 0 Å². The van der Waals surface area contributed by atoms with Gasteiger partial charge < -0.3 is 19.9 Å². The zero-order valence-electron chi connectivity index (χ0n) is 9.56. The van der Waals surface area contributed by atoms with Gasteiger partial charge in [-0.3, -0.25) is 4.79 Å². The van der Waals surface area contributed by atoms with Gasteiger partial charge in [0.05, 0.1) is 5.69 Å². The van der Waals surface area contributed by atoms with Crippen molar-refractivity contribution < 1.29 is 14.3 Å². The van der Waals surface area contributed by atoms with Crippen LogP contribution in [0.3, 0.4) is 0 Å². The van der Waals surface area contributed by atoms with E-state index in [-0.39, 0.29) is 12.5 Å². The van der Waals surface area contributed by atoms with Crippen molar-refractivity contribution >= 4 is 17.6 Å². The lowest BCUT2D eigenvalue weighted by atomic mass is 10.4. The van der Waals surface area contributed by atoms with E-state index in [9.17, 15) is 9.59 Å². The molecule has 0 atom stereocenters. The van der Waals surface area contributed by atoms with Crippen LogP contribution >= 0.6 is 0 Å². The molecule has 0 spiro atoms. The quantitative estimate of drug-likeness (QED) is 0.726. The van der Waals surface area contributed by atoms with Crippen molar-refractivity contribution in [3.63, 3.8) is 0 Å². The van der Waals surface area contributed by atoms with Crippen LogP contribution in [0.1, 0.15) is 10.5 Å². The third-order valence-electron chi connectivity index (χ3n) is 2.06. The molecule has 0 saturated heterocycles. The maximum atomic E-state index is 11.5. The number of hydrogen-bond donors (Lipinski definition) is 1. The number of likely N-dealkylation sites (N-methyl/N-ethyl adjacent to an activating group) is 1. The molecule has 2 N–H and O–H groups in total. The van der Waals surface area contributed by atoms with E-state index < -0.39 is 5.97 Å². The maximum absolute atomic E-state index is 11.5. The number of anilines is 1. The van der Waals surface area contributed by atoms with E-state index in [1.54, 1.807) is 31.9 Å². The van der Waals surface area contributed by atoms with Gasteiger partial charge in [0.15, 0.2) is 6.61 Å². The fraction of sp³-hybridized carbons (Fsp3) is 0.400. The van der Waals surface area contributed by atoms with Gasteiger partial charge in [-0.2, -0.15) is 0 Å². The third kappa shape index (κ3) is 2.75. The molecule has 1 rings (SSSR count). The standard InChI is InChI=1S/C10H15N3O3/c1-12(2)9(14)6-16-10(15)8-4-7(11)5-13(8)3/h4-5H,6,11H2,1-3H3. The molecule has 0 radical (unpaired) electrons. The Morgan fingerprint density at radius 2 is 2.12 bits per heavy atom. The van der Waals surface area contributed by atoms with Gasteiger partial charge in [0.2, 0.25) is 0 Å². The number of nitrogen functional groups attached to an aromatic ring is 1. The van der Waals surface area contributed by atoms with Gasteiger partial charge in [0, 0.05) is 27.3 Å². The van der Waals surface area contributed by atoms with Crippen molar-refractivity contribution in [1.29, 1.82) is 0 Å². The second-order valence-electron chi connectivity index (χ2n) is 3.63. The van der Waals surface area contributed by atoms with Gasteiger partial charge in [0.1, 0.15) is 5.69 Å². The highest BCUT2D eigenvalue weighted by Gasteiger charge is 2.14. The Morgan fingerprint density at radius 3 is 2.56 bits per heavy atom. The van der Waals surface area contributed by atoms with Crippen LogP contribution in [0, 0.1) is 0 Å². The number of aromatic nitrogens is 1. The molecule has 1 heterocycles. The van der Waals surface area contributed by atoms with E-state index in [1.807, 2.05) is 0 Å². The van der Waals surface area contributed by atoms with Crippen LogP contribution in [-0.4, -0.2) is 42.0 Å². The monoisotopic (exact) mass is 225 g/mol. The average Bonchev–Trinajstić information content (AvgIpc) is 2.53. The summed E-state index contributed by atoms with van der Waals surface area (Å²) >= 11 is 0. The largest absolute Gasteiger partial charge is 0.451 e. The number of carbonyl (C=O) groups is 2. The number of carbonyl (C=O) groups excluding carboxylic acids is 2. The van der Waals surface area contributed by atoms with Crippen molar-refractivity contribution in [2.24, 2.45) is 7.05 Å². The summed E-state index contributed by atoms with van der Waals surface area (Å²) in [5, 5.41) is 0. The minimum absolute atomic E-state index is 0.267. The fourth-order valence-electron chi connectivity index (χ4n) is 1.12. The molecule has 0 aliphatic heterocycles. The Labute approximate surface area is 93.6 Å². The maximum Gasteiger partial charge on any atom is 0.355 e. The minimum atomic E-state index is -0.561. The van der Waals surface area contributed by atoms with E-state index in [2.05, 4.69) is 0 Å². The van der Waals surface area contributed by atoms with Gasteiger partial charge in [-0.15, -0.1) is 0 Å². The lowest BCUT2D eigenvalue weighted by molar-refractivity contribution is -0.131. The highest BCUT2D eigenvalue weighted by atomic mass is 16.5. The first-order valence-corrected chi connectivity index (χ1v) is 4.71. The molecule has 0 aromatic carbocycles. The predicted molar refractivity (Wildman–Crippen MR) is 58.8 cm³/mol. The summed E-state index contributed by atoms with van der Waals surface area (Å²) in [6.07, 6.45) is 1.60. The SMILES string of the molecule is CN(C)C(=O)COC(=O)c1cc(N)cn1C. The van der Waals surface area contributed by atoms with Gasteiger partial charge >= 0.3 is 5.97 Å². The molecule has 0 fully saturated rings. The summed E-state index contributed by atoms with van der Waals surface area (Å²) in [5.41, 5.74) is 6.32. The Bertz CT molecular complexity index is 409. The van der Waals surface area contributed by atoms with Gasteiger partial charge in [-0.1, -0.05) is 0 Å². The topological polar surface area (TPSA) is 77.6 Å². The summed E-state index contributed by atoms with van der Waals surface area (Å²) in [6, 6.07) is 1.50. The zero-order chi connectivity index (χ0) is 12.3. The lowest BCUT2D eigenvalue weighted by Gasteiger charge is -2.10. The van der Waals surface area contributed by atoms with Crippen LogP contribution in [-0.2, 0) is 16.6 Å². The number of hydrogen-bond acceptors (Lipinski definition) is 4. The molecule has 0 aliphatic rings. The average molecular weight is 225 g/mol. The molecule has 6 nitrogen and oxygen atoms in total. The molecule has 16 heavy (non-hydrogen) atoms. The Kier molecular flexibility index (Phi) is 3.55. The van der Waals surface area contributed by atoms with E-state index in [0.717, 1.165) is 0 Å². The van der Waals surface area contributed by atoms with Crippen molar-refractivity contribution in [1.82, 2.24) is 9.47 Å². The Morgan fingerprint density at radius 1 is 1.50 bits per heavy atom. The molecule has 1 aromatic rings. The Balaban J connectivity index is 2.60. The molecular weight excluding hydrogens is 210 g/mol. The third-order valence-corrected chi connectivity index (χ3v) is 2.06. The molecule has 0 unspecified atom stereocenters. The minimum Gasteiger partial charge on any atom is -0.451 e. The second kappa shape index (κ2) is 4.69. The summed E-state index contributed by atoms with van der Waals surface area (Å²) in [6.45, 7) is -0.267. The number of aryl methyl sites for hydroxylation is 1. The highest BCUT2D eigenvalue weighted by molar-refractivity contribution is 5.90. The Hall–Kier alpha value is -1.98. The molecule has 1 amide bonds. The first kappa shape index (κ1) is 12.1. The number of nitrogens with two attached hydrogens (primary N) is 1. The molecule has 6 heteroatoms. The van der Waals surface area contributed by atoms with E-state index in [0.29, 0.717) is 11.4 Å². The molecule has 0 saturated carbocycles. The van der Waals surface area contributed by atoms with E-state index in [4.69, 9.17) is 10.5 Å². The summed E-state index contributed by atoms with van der Waals surface area (Å²) in [4.78, 5) is 24.1. The smallest absolute Gasteiger partial charge is 0.355 e. The zero-order valence-corrected chi connectivity index (χ0v) is 9.56. The second-order valence-corrected chi connectivity index (χ2v) is 3.63. The highest BCUT2D eigenvalue weighted by Crippen LogP contribution is 2.09. The number of esters is 1. The predicted octanol–water partition coefficient (Wildman–Crippen LogP) is -0.148. The molecule has 88 valence electrons. The van der Waals surface area contributed by atoms with Crippen LogP contribution < -0.4 is 5.73 Å². The van der Waals surface area contributed by atoms with Gasteiger partial charge in [-0.25, -0.2) is 4.79 Å². The molecule has 0 bridgehead atoms. The lowest BCUT2D eigenvalue weighted by Crippen LogP contribution is -2.27. The van der Waals surface area contributed by atoms with Gasteiger partial charge in [0.25, 0.3) is 5.91 Å². The van der Waals surface area contributed by atoms with Gasteiger partial charge in [-0.05, 0) is 6.07 Å². The molecule has 0 aliphatic carbocycles. The van der Waals surface area contributed by atoms with Crippen LogP contribution in [0.25, 0.3) is 0 Å².